The second-order valence-corrected chi connectivity index (χ2v) is 3.56. The summed E-state index contributed by atoms with van der Waals surface area (Å²) in [6, 6.07) is 6.02. The first-order chi connectivity index (χ1) is 6.95. The Morgan fingerprint density at radius 1 is 1.27 bits per heavy atom. The van der Waals surface area contributed by atoms with Crippen molar-refractivity contribution in [1.82, 2.24) is 0 Å². The number of rotatable bonds is 0. The van der Waals surface area contributed by atoms with Crippen molar-refractivity contribution in [3.63, 3.8) is 0 Å². The molecule has 2 N–H and O–H groups in total. The first-order valence-corrected chi connectivity index (χ1v) is 4.53. The van der Waals surface area contributed by atoms with Gasteiger partial charge in [-0.2, -0.15) is 13.2 Å². The summed E-state index contributed by atoms with van der Waals surface area (Å²) in [4.78, 5) is 0. The molecule has 0 aromatic heterocycles. The summed E-state index contributed by atoms with van der Waals surface area (Å²) in [5.41, 5.74) is 3.18. The largest absolute Gasteiger partial charge is 0.493 e. The molecule has 1 aliphatic heterocycles. The lowest BCUT2D eigenvalue weighted by atomic mass is 9.85. The van der Waals surface area contributed by atoms with Crippen molar-refractivity contribution in [2.75, 3.05) is 6.61 Å². The normalized spacial score (nSPS) is 25.6. The Kier molecular flexibility index (Phi) is 2.15. The molecule has 2 rings (SSSR count). The molecule has 1 aromatic rings. The van der Waals surface area contributed by atoms with E-state index in [-0.39, 0.29) is 24.3 Å². The fourth-order valence-electron chi connectivity index (χ4n) is 1.71. The highest BCUT2D eigenvalue weighted by atomic mass is 19.4. The van der Waals surface area contributed by atoms with Gasteiger partial charge in [0.25, 0.3) is 0 Å². The Balaban J connectivity index is 2.55. The molecule has 0 radical (unpaired) electrons. The maximum Gasteiger partial charge on any atom is 0.410 e. The van der Waals surface area contributed by atoms with Crippen LogP contribution in [-0.2, 0) is 5.54 Å². The van der Waals surface area contributed by atoms with E-state index in [2.05, 4.69) is 0 Å². The second-order valence-electron chi connectivity index (χ2n) is 3.56. The van der Waals surface area contributed by atoms with E-state index in [0.717, 1.165) is 0 Å². The van der Waals surface area contributed by atoms with Gasteiger partial charge in [0, 0.05) is 12.0 Å². The average molecular weight is 217 g/mol. The van der Waals surface area contributed by atoms with E-state index in [1.807, 2.05) is 0 Å². The molecule has 0 amide bonds. The minimum Gasteiger partial charge on any atom is -0.493 e. The van der Waals surface area contributed by atoms with E-state index in [1.165, 1.54) is 18.2 Å². The highest BCUT2D eigenvalue weighted by Gasteiger charge is 2.55. The summed E-state index contributed by atoms with van der Waals surface area (Å²) in [5.74, 6) is 0.226. The number of halogens is 3. The van der Waals surface area contributed by atoms with Crippen LogP contribution in [0.5, 0.6) is 5.75 Å². The Labute approximate surface area is 84.8 Å². The van der Waals surface area contributed by atoms with Crippen molar-refractivity contribution >= 4 is 0 Å². The minimum absolute atomic E-state index is 0.00692. The fourth-order valence-corrected chi connectivity index (χ4v) is 1.71. The van der Waals surface area contributed by atoms with Gasteiger partial charge in [0.1, 0.15) is 11.3 Å². The Morgan fingerprint density at radius 2 is 1.93 bits per heavy atom. The third-order valence-electron chi connectivity index (χ3n) is 2.63. The van der Waals surface area contributed by atoms with Crippen LogP contribution in [0.1, 0.15) is 12.0 Å². The molecule has 0 saturated heterocycles. The van der Waals surface area contributed by atoms with Crippen LogP contribution in [0.15, 0.2) is 24.3 Å². The van der Waals surface area contributed by atoms with E-state index in [4.69, 9.17) is 10.5 Å². The van der Waals surface area contributed by atoms with Crippen LogP contribution in [0.25, 0.3) is 0 Å². The second kappa shape index (κ2) is 3.13. The molecule has 2 nitrogen and oxygen atoms in total. The lowest BCUT2D eigenvalue weighted by Gasteiger charge is -2.36. The van der Waals surface area contributed by atoms with Crippen LogP contribution in [0, 0.1) is 0 Å². The van der Waals surface area contributed by atoms with Crippen LogP contribution in [0.4, 0.5) is 13.2 Å². The fraction of sp³-hybridized carbons (Fsp3) is 0.400. The van der Waals surface area contributed by atoms with Crippen molar-refractivity contribution in [2.24, 2.45) is 5.73 Å². The zero-order valence-corrected chi connectivity index (χ0v) is 7.84. The van der Waals surface area contributed by atoms with Gasteiger partial charge in [-0.3, -0.25) is 0 Å². The van der Waals surface area contributed by atoms with Crippen LogP contribution < -0.4 is 10.5 Å². The lowest BCUT2D eigenvalue weighted by Crippen LogP contribution is -2.53. The zero-order chi connectivity index (χ0) is 11.1. The summed E-state index contributed by atoms with van der Waals surface area (Å²) in [6.07, 6.45) is -4.69. The molecule has 0 spiro atoms. The average Bonchev–Trinajstić information content (AvgIpc) is 2.17. The predicted octanol–water partition coefficient (Wildman–Crippen LogP) is 2.19. The monoisotopic (exact) mass is 217 g/mol. The highest BCUT2D eigenvalue weighted by Crippen LogP contribution is 2.45. The summed E-state index contributed by atoms with van der Waals surface area (Å²) in [6.45, 7) is -0.00692. The summed E-state index contributed by atoms with van der Waals surface area (Å²) >= 11 is 0. The summed E-state index contributed by atoms with van der Waals surface area (Å²) in [7, 11) is 0. The number of nitrogens with two attached hydrogens (primary N) is 1. The standard InChI is InChI=1S/C10H10F3NO/c11-10(12,13)9(14)5-6-15-8-4-2-1-3-7(8)9/h1-4H,5-6,14H2. The molecule has 1 atom stereocenters. The molecule has 82 valence electrons. The summed E-state index contributed by atoms with van der Waals surface area (Å²) < 4.78 is 43.6. The summed E-state index contributed by atoms with van der Waals surface area (Å²) in [5, 5.41) is 0. The van der Waals surface area contributed by atoms with Crippen LogP contribution in [0.3, 0.4) is 0 Å². The van der Waals surface area contributed by atoms with Crippen molar-refractivity contribution < 1.29 is 17.9 Å². The third-order valence-corrected chi connectivity index (χ3v) is 2.63. The van der Waals surface area contributed by atoms with Crippen molar-refractivity contribution in [3.8, 4) is 5.75 Å². The Hall–Kier alpha value is -1.23. The van der Waals surface area contributed by atoms with E-state index in [9.17, 15) is 13.2 Å². The molecule has 0 bridgehead atoms. The lowest BCUT2D eigenvalue weighted by molar-refractivity contribution is -0.196. The molecule has 0 aliphatic carbocycles. The van der Waals surface area contributed by atoms with Gasteiger partial charge in [0.2, 0.25) is 0 Å². The molecule has 0 fully saturated rings. The Morgan fingerprint density at radius 3 is 2.60 bits per heavy atom. The maximum absolute atomic E-state index is 12.8. The molecule has 1 heterocycles. The number of hydrogen-bond acceptors (Lipinski definition) is 2. The molecule has 5 heteroatoms. The molecule has 15 heavy (non-hydrogen) atoms. The number of fused-ring (bicyclic) bond motifs is 1. The molecular formula is C10H10F3NO. The highest BCUT2D eigenvalue weighted by molar-refractivity contribution is 5.41. The van der Waals surface area contributed by atoms with Gasteiger partial charge in [-0.05, 0) is 6.07 Å². The number of ether oxygens (including phenoxy) is 1. The van der Waals surface area contributed by atoms with Crippen LogP contribution in [0.2, 0.25) is 0 Å². The molecule has 1 unspecified atom stereocenters. The number of alkyl halides is 3. The van der Waals surface area contributed by atoms with Crippen LogP contribution in [-0.4, -0.2) is 12.8 Å². The number of benzene rings is 1. The maximum atomic E-state index is 12.8. The number of para-hydroxylation sites is 1. The first kappa shape index (κ1) is 10.3. The van der Waals surface area contributed by atoms with Gasteiger partial charge in [-0.15, -0.1) is 0 Å². The van der Waals surface area contributed by atoms with Gasteiger partial charge < -0.3 is 10.5 Å². The van der Waals surface area contributed by atoms with Gasteiger partial charge in [-0.1, -0.05) is 18.2 Å². The van der Waals surface area contributed by atoms with E-state index < -0.39 is 11.7 Å². The van der Waals surface area contributed by atoms with E-state index >= 15 is 0 Å². The van der Waals surface area contributed by atoms with Crippen molar-refractivity contribution in [3.05, 3.63) is 29.8 Å². The van der Waals surface area contributed by atoms with Crippen molar-refractivity contribution in [1.29, 1.82) is 0 Å². The van der Waals surface area contributed by atoms with E-state index in [1.54, 1.807) is 6.07 Å². The molecular weight excluding hydrogens is 207 g/mol. The minimum atomic E-state index is -4.45. The SMILES string of the molecule is NC1(C(F)(F)F)CCOc2ccccc21. The Bertz CT molecular complexity index is 377. The van der Waals surface area contributed by atoms with Gasteiger partial charge >= 0.3 is 6.18 Å². The number of hydrogen-bond donors (Lipinski definition) is 1. The molecule has 1 aliphatic rings. The van der Waals surface area contributed by atoms with Gasteiger partial charge in [0.15, 0.2) is 0 Å². The molecule has 1 aromatic carbocycles. The quantitative estimate of drug-likeness (QED) is 0.722. The van der Waals surface area contributed by atoms with Gasteiger partial charge in [-0.25, -0.2) is 0 Å². The third kappa shape index (κ3) is 1.47. The van der Waals surface area contributed by atoms with Gasteiger partial charge in [0.05, 0.1) is 6.61 Å². The topological polar surface area (TPSA) is 35.2 Å². The van der Waals surface area contributed by atoms with Crippen molar-refractivity contribution in [2.45, 2.75) is 18.1 Å². The van der Waals surface area contributed by atoms with Crippen LogP contribution >= 0.6 is 0 Å². The smallest absolute Gasteiger partial charge is 0.410 e. The first-order valence-electron chi connectivity index (χ1n) is 4.53. The van der Waals surface area contributed by atoms with E-state index in [0.29, 0.717) is 0 Å². The molecule has 0 saturated carbocycles. The predicted molar refractivity (Wildman–Crippen MR) is 48.5 cm³/mol. The zero-order valence-electron chi connectivity index (χ0n) is 7.84.